The number of hydrogen-bond donors (Lipinski definition) is 6. The SMILES string of the molecule is CC[C@H](C)[C@@H]1NC(=O)[C@H](CC(C)C)N(C)C(=O)[C@H](CC(C)C)N(C)C(=O)[C@H](C)NC(=O)[C@H](CC(C)C)N(C)C(=O)[C@H](Cc2ccccc2)NC(=O)[C@H]([C@@H](C)O)NC(=O)[C@](C)(CC(C)C)N(C)C(=O)[C@H](CC(C)C)N(C)C(=O)[C@H](C)N(C)C(=O)C(C)NC1=O. The van der Waals surface area contributed by atoms with Crippen molar-refractivity contribution in [2.45, 2.75) is 235 Å². The van der Waals surface area contributed by atoms with Crippen LogP contribution in [0.2, 0.25) is 0 Å². The summed E-state index contributed by atoms with van der Waals surface area (Å²) in [4.78, 5) is 169. The quantitative estimate of drug-likeness (QED) is 0.147. The van der Waals surface area contributed by atoms with Crippen LogP contribution in [-0.4, -0.2) is 214 Å². The normalized spacial score (nSPS) is 27.8. The Hall–Kier alpha value is -6.65. The minimum absolute atomic E-state index is 0.0477. The van der Waals surface area contributed by atoms with Crippen LogP contribution in [0.25, 0.3) is 0 Å². The molecule has 1 saturated heterocycles. The first-order valence-electron chi connectivity index (χ1n) is 31.5. The number of nitrogens with zero attached hydrogens (tertiary/aromatic N) is 6. The second-order valence-electron chi connectivity index (χ2n) is 27.0. The van der Waals surface area contributed by atoms with Gasteiger partial charge in [-0.25, -0.2) is 0 Å². The van der Waals surface area contributed by atoms with Gasteiger partial charge in [0, 0.05) is 48.7 Å². The molecule has 88 heavy (non-hydrogen) atoms. The maximum absolute atomic E-state index is 15.1. The van der Waals surface area contributed by atoms with Gasteiger partial charge < -0.3 is 61.1 Å². The number of hydrogen-bond acceptors (Lipinski definition) is 12. The Morgan fingerprint density at radius 2 is 0.852 bits per heavy atom. The molecular formula is C65H111N11O12. The lowest BCUT2D eigenvalue weighted by atomic mass is 9.86. The minimum atomic E-state index is -1.73. The zero-order valence-corrected chi connectivity index (χ0v) is 57.3. The lowest BCUT2D eigenvalue weighted by Gasteiger charge is -2.43. The van der Waals surface area contributed by atoms with Gasteiger partial charge in [-0.1, -0.05) is 120 Å². The number of amides is 11. The summed E-state index contributed by atoms with van der Waals surface area (Å²) in [6, 6.07) is -3.84. The van der Waals surface area contributed by atoms with E-state index in [1.165, 1.54) is 101 Å². The van der Waals surface area contributed by atoms with Gasteiger partial charge in [-0.15, -0.1) is 0 Å². The number of aliphatic hydroxyl groups excluding tert-OH is 1. The van der Waals surface area contributed by atoms with Crippen molar-refractivity contribution in [1.29, 1.82) is 0 Å². The Morgan fingerprint density at radius 1 is 0.455 bits per heavy atom. The van der Waals surface area contributed by atoms with Crippen molar-refractivity contribution in [3.8, 4) is 0 Å². The standard InChI is InChI=1S/C65H111N11O12/c1-24-41(12)52-56(80)67-42(13)58(82)71(18)44(15)60(84)75(22)51(33-39(8)9)63(87)76(23)65(17,35-40(10)11)64(88)70-53(45(16)77)57(81)68-47(34-46-28-26-25-27-29-46)61(85)72(19)48(30-36(2)3)54(78)66-43(14)59(83)74(21)50(32-38(6)7)62(86)73(20)49(31-37(4)5)55(79)69-52/h25-29,36-45,47-53,77H,24,30-35H2,1-23H3,(H,66,78)(H,67,80)(H,68,81)(H,69,79)(H,70,88)/t41-,42?,43-,44-,45+,47-,48-,49-,50-,51-,52-,53-,65-/m0/s1. The van der Waals surface area contributed by atoms with E-state index in [2.05, 4.69) is 26.6 Å². The highest BCUT2D eigenvalue weighted by Gasteiger charge is 2.47. The van der Waals surface area contributed by atoms with Crippen LogP contribution in [0.4, 0.5) is 0 Å². The summed E-state index contributed by atoms with van der Waals surface area (Å²) in [6.45, 7) is 29.4. The minimum Gasteiger partial charge on any atom is -0.391 e. The molecule has 23 heteroatoms. The summed E-state index contributed by atoms with van der Waals surface area (Å²) in [6.07, 6.45) is -0.625. The molecule has 498 valence electrons. The number of carbonyl (C=O) groups excluding carboxylic acids is 11. The third kappa shape index (κ3) is 21.0. The summed E-state index contributed by atoms with van der Waals surface area (Å²) >= 11 is 0. The van der Waals surface area contributed by atoms with Gasteiger partial charge in [0.15, 0.2) is 0 Å². The predicted molar refractivity (Wildman–Crippen MR) is 339 cm³/mol. The average molecular weight is 1240 g/mol. The van der Waals surface area contributed by atoms with E-state index in [9.17, 15) is 48.3 Å². The fraction of sp³-hybridized carbons (Fsp3) is 0.738. The van der Waals surface area contributed by atoms with E-state index < -0.39 is 143 Å². The lowest BCUT2D eigenvalue weighted by Crippen LogP contribution is -2.66. The number of nitrogens with one attached hydrogen (secondary N) is 5. The van der Waals surface area contributed by atoms with E-state index in [1.54, 1.807) is 37.3 Å². The van der Waals surface area contributed by atoms with E-state index in [0.717, 1.165) is 4.90 Å². The highest BCUT2D eigenvalue weighted by Crippen LogP contribution is 2.28. The number of benzene rings is 1. The summed E-state index contributed by atoms with van der Waals surface area (Å²) < 4.78 is 0. The van der Waals surface area contributed by atoms with E-state index in [0.29, 0.717) is 12.0 Å². The van der Waals surface area contributed by atoms with Crippen molar-refractivity contribution < 1.29 is 57.8 Å². The second-order valence-corrected chi connectivity index (χ2v) is 27.0. The highest BCUT2D eigenvalue weighted by molar-refractivity contribution is 6.00. The second kappa shape index (κ2) is 34.4. The van der Waals surface area contributed by atoms with E-state index in [1.807, 2.05) is 76.2 Å². The largest absolute Gasteiger partial charge is 0.391 e. The molecule has 0 spiro atoms. The molecule has 1 aliphatic rings. The molecule has 23 nitrogen and oxygen atoms in total. The number of aliphatic hydroxyl groups is 1. The molecule has 1 fully saturated rings. The molecule has 1 aromatic carbocycles. The molecule has 0 bridgehead atoms. The third-order valence-corrected chi connectivity index (χ3v) is 17.1. The molecule has 0 aliphatic carbocycles. The highest BCUT2D eigenvalue weighted by atomic mass is 16.3. The Balaban J connectivity index is 3.03. The Labute approximate surface area is 525 Å². The zero-order chi connectivity index (χ0) is 67.7. The summed E-state index contributed by atoms with van der Waals surface area (Å²) in [5.74, 6) is -9.02. The molecule has 1 heterocycles. The number of likely N-dealkylation sites (N-methyl/N-ethyl adjacent to an activating group) is 6. The van der Waals surface area contributed by atoms with Crippen LogP contribution in [0.5, 0.6) is 0 Å². The van der Waals surface area contributed by atoms with Crippen LogP contribution < -0.4 is 26.6 Å². The Morgan fingerprint density at radius 3 is 1.31 bits per heavy atom. The lowest BCUT2D eigenvalue weighted by molar-refractivity contribution is -0.156. The van der Waals surface area contributed by atoms with Gasteiger partial charge in [0.1, 0.15) is 66.0 Å². The topological polar surface area (TPSA) is 288 Å². The maximum Gasteiger partial charge on any atom is 0.246 e. The Kier molecular flexibility index (Phi) is 30.2. The fourth-order valence-electron chi connectivity index (χ4n) is 11.2. The summed E-state index contributed by atoms with van der Waals surface area (Å²) in [5.41, 5.74) is -1.10. The molecule has 11 amide bonds. The van der Waals surface area contributed by atoms with Crippen LogP contribution in [0.1, 0.15) is 162 Å². The first-order valence-corrected chi connectivity index (χ1v) is 31.5. The van der Waals surface area contributed by atoms with Crippen molar-refractivity contribution in [3.63, 3.8) is 0 Å². The van der Waals surface area contributed by atoms with Gasteiger partial charge in [0.25, 0.3) is 0 Å². The van der Waals surface area contributed by atoms with Gasteiger partial charge in [-0.2, -0.15) is 0 Å². The van der Waals surface area contributed by atoms with Gasteiger partial charge in [0.05, 0.1) is 6.10 Å². The van der Waals surface area contributed by atoms with Crippen LogP contribution in [0, 0.1) is 35.5 Å². The number of rotatable bonds is 15. The summed E-state index contributed by atoms with van der Waals surface area (Å²) in [7, 11) is 8.58. The Bertz CT molecular complexity index is 2560. The first-order chi connectivity index (χ1) is 40.7. The van der Waals surface area contributed by atoms with Crippen molar-refractivity contribution in [3.05, 3.63) is 35.9 Å². The van der Waals surface area contributed by atoms with Crippen LogP contribution in [-0.2, 0) is 59.2 Å². The number of carbonyl (C=O) groups is 11. The third-order valence-electron chi connectivity index (χ3n) is 17.1. The summed E-state index contributed by atoms with van der Waals surface area (Å²) in [5, 5.41) is 25.2. The van der Waals surface area contributed by atoms with E-state index in [-0.39, 0.29) is 68.1 Å². The predicted octanol–water partition coefficient (Wildman–Crippen LogP) is 3.74. The molecule has 0 saturated carbocycles. The molecular weight excluding hydrogens is 1130 g/mol. The molecule has 2 rings (SSSR count). The van der Waals surface area contributed by atoms with Crippen LogP contribution in [0.15, 0.2) is 30.3 Å². The molecule has 6 N–H and O–H groups in total. The van der Waals surface area contributed by atoms with Crippen molar-refractivity contribution in [1.82, 2.24) is 56.0 Å². The van der Waals surface area contributed by atoms with E-state index in [4.69, 9.17) is 0 Å². The fourth-order valence-corrected chi connectivity index (χ4v) is 11.2. The van der Waals surface area contributed by atoms with Gasteiger partial charge in [0.2, 0.25) is 65.0 Å². The van der Waals surface area contributed by atoms with Crippen LogP contribution >= 0.6 is 0 Å². The monoisotopic (exact) mass is 1240 g/mol. The molecule has 13 atom stereocenters. The smallest absolute Gasteiger partial charge is 0.246 e. The first kappa shape index (κ1) is 77.4. The molecule has 1 aromatic rings. The molecule has 0 aromatic heterocycles. The van der Waals surface area contributed by atoms with Gasteiger partial charge in [-0.3, -0.25) is 52.7 Å². The average Bonchev–Trinajstić information content (AvgIpc) is 1.32. The van der Waals surface area contributed by atoms with Crippen molar-refractivity contribution in [2.75, 3.05) is 42.3 Å². The van der Waals surface area contributed by atoms with E-state index >= 15 is 9.59 Å². The maximum atomic E-state index is 15.1. The van der Waals surface area contributed by atoms with Gasteiger partial charge >= 0.3 is 0 Å². The zero-order valence-electron chi connectivity index (χ0n) is 57.3. The molecule has 0 radical (unpaired) electrons. The molecule has 1 unspecified atom stereocenters. The molecule has 1 aliphatic heterocycles. The van der Waals surface area contributed by atoms with Crippen LogP contribution in [0.3, 0.4) is 0 Å². The van der Waals surface area contributed by atoms with Gasteiger partial charge in [-0.05, 0) is 108 Å². The van der Waals surface area contributed by atoms with Crippen molar-refractivity contribution in [2.24, 2.45) is 35.5 Å². The van der Waals surface area contributed by atoms with Crippen molar-refractivity contribution >= 4 is 65.0 Å².